The lowest BCUT2D eigenvalue weighted by molar-refractivity contribution is -0.150. The first-order valence-corrected chi connectivity index (χ1v) is 5.13. The van der Waals surface area contributed by atoms with Crippen molar-refractivity contribution in [3.63, 3.8) is 0 Å². The van der Waals surface area contributed by atoms with Gasteiger partial charge in [-0.3, -0.25) is 4.79 Å². The Hall–Kier alpha value is -1.09. The van der Waals surface area contributed by atoms with Crippen LogP contribution in [-0.2, 0) is 9.53 Å². The summed E-state index contributed by atoms with van der Waals surface area (Å²) in [4.78, 5) is 10.7. The van der Waals surface area contributed by atoms with Crippen molar-refractivity contribution in [3.05, 3.63) is 24.3 Å². The van der Waals surface area contributed by atoms with E-state index in [2.05, 4.69) is 6.58 Å². The number of carbonyl (C=O) groups excluding carboxylic acids is 1. The van der Waals surface area contributed by atoms with Gasteiger partial charge in [-0.25, -0.2) is 0 Å². The SMILES string of the molecule is C=C1C=C[C@H]([C@](C)(O)COC(C)=O)CC1. The van der Waals surface area contributed by atoms with Crippen LogP contribution in [-0.4, -0.2) is 23.3 Å². The number of hydrogen-bond donors (Lipinski definition) is 1. The largest absolute Gasteiger partial charge is 0.463 e. The van der Waals surface area contributed by atoms with Crippen molar-refractivity contribution in [1.29, 1.82) is 0 Å². The van der Waals surface area contributed by atoms with Crippen LogP contribution in [0.25, 0.3) is 0 Å². The molecule has 0 spiro atoms. The average Bonchev–Trinajstić information content (AvgIpc) is 2.16. The van der Waals surface area contributed by atoms with Gasteiger partial charge in [0, 0.05) is 12.8 Å². The first kappa shape index (κ1) is 12.0. The molecule has 1 aliphatic rings. The van der Waals surface area contributed by atoms with E-state index >= 15 is 0 Å². The molecule has 0 unspecified atom stereocenters. The first-order chi connectivity index (χ1) is 6.92. The zero-order valence-corrected chi connectivity index (χ0v) is 9.32. The van der Waals surface area contributed by atoms with Crippen LogP contribution >= 0.6 is 0 Å². The summed E-state index contributed by atoms with van der Waals surface area (Å²) in [7, 11) is 0. The van der Waals surface area contributed by atoms with E-state index in [1.54, 1.807) is 6.92 Å². The van der Waals surface area contributed by atoms with Gasteiger partial charge in [-0.15, -0.1) is 0 Å². The summed E-state index contributed by atoms with van der Waals surface area (Å²) < 4.78 is 4.84. The third kappa shape index (κ3) is 3.51. The predicted octanol–water partition coefficient (Wildman–Crippen LogP) is 1.82. The zero-order valence-electron chi connectivity index (χ0n) is 9.32. The fourth-order valence-electron chi connectivity index (χ4n) is 1.65. The second kappa shape index (κ2) is 4.62. The lowest BCUT2D eigenvalue weighted by Gasteiger charge is -2.32. The van der Waals surface area contributed by atoms with Crippen molar-refractivity contribution < 1.29 is 14.6 Å². The van der Waals surface area contributed by atoms with E-state index in [9.17, 15) is 9.90 Å². The molecule has 0 aromatic rings. The molecule has 3 heteroatoms. The highest BCUT2D eigenvalue weighted by Crippen LogP contribution is 2.29. The van der Waals surface area contributed by atoms with Gasteiger partial charge in [0.15, 0.2) is 0 Å². The maximum Gasteiger partial charge on any atom is 0.302 e. The number of carbonyl (C=O) groups is 1. The van der Waals surface area contributed by atoms with Gasteiger partial charge < -0.3 is 9.84 Å². The topological polar surface area (TPSA) is 46.5 Å². The zero-order chi connectivity index (χ0) is 11.5. The highest BCUT2D eigenvalue weighted by atomic mass is 16.5. The van der Waals surface area contributed by atoms with Gasteiger partial charge in [0.1, 0.15) is 12.2 Å². The van der Waals surface area contributed by atoms with Gasteiger partial charge in [0.2, 0.25) is 0 Å². The molecule has 0 radical (unpaired) electrons. The second-order valence-electron chi connectivity index (χ2n) is 4.30. The Morgan fingerprint density at radius 2 is 2.47 bits per heavy atom. The van der Waals surface area contributed by atoms with Crippen LogP contribution in [0.15, 0.2) is 24.3 Å². The van der Waals surface area contributed by atoms with Crippen LogP contribution in [0.5, 0.6) is 0 Å². The molecule has 1 aliphatic carbocycles. The molecule has 0 aliphatic heterocycles. The fourth-order valence-corrected chi connectivity index (χ4v) is 1.65. The summed E-state index contributed by atoms with van der Waals surface area (Å²) in [6.45, 7) is 6.93. The van der Waals surface area contributed by atoms with E-state index < -0.39 is 5.60 Å². The number of hydrogen-bond acceptors (Lipinski definition) is 3. The Morgan fingerprint density at radius 1 is 1.80 bits per heavy atom. The monoisotopic (exact) mass is 210 g/mol. The summed E-state index contributed by atoms with van der Waals surface area (Å²) in [5.41, 5.74) is 0.0950. The Morgan fingerprint density at radius 3 is 2.93 bits per heavy atom. The Labute approximate surface area is 90.4 Å². The Balaban J connectivity index is 2.57. The van der Waals surface area contributed by atoms with Crippen molar-refractivity contribution in [3.8, 4) is 0 Å². The number of ether oxygens (including phenoxy) is 1. The lowest BCUT2D eigenvalue weighted by Crippen LogP contribution is -2.39. The number of aliphatic hydroxyl groups is 1. The standard InChI is InChI=1S/C12H18O3/c1-9-4-6-11(7-5-9)12(3,14)8-15-10(2)13/h4,6,11,14H,1,5,7-8H2,2-3H3/t11-,12+/m0/s1. The van der Waals surface area contributed by atoms with Crippen molar-refractivity contribution in [1.82, 2.24) is 0 Å². The molecule has 0 heterocycles. The third-order valence-electron chi connectivity index (χ3n) is 2.71. The van der Waals surface area contributed by atoms with Gasteiger partial charge >= 0.3 is 5.97 Å². The van der Waals surface area contributed by atoms with Gasteiger partial charge in [-0.05, 0) is 19.8 Å². The van der Waals surface area contributed by atoms with Gasteiger partial charge in [-0.1, -0.05) is 24.3 Å². The Bertz CT molecular complexity index is 289. The van der Waals surface area contributed by atoms with Crippen LogP contribution in [0.1, 0.15) is 26.7 Å². The molecular formula is C12H18O3. The van der Waals surface area contributed by atoms with E-state index in [-0.39, 0.29) is 18.5 Å². The summed E-state index contributed by atoms with van der Waals surface area (Å²) >= 11 is 0. The van der Waals surface area contributed by atoms with Crippen molar-refractivity contribution in [2.45, 2.75) is 32.3 Å². The van der Waals surface area contributed by atoms with Gasteiger partial charge in [0.25, 0.3) is 0 Å². The quantitative estimate of drug-likeness (QED) is 0.723. The molecule has 84 valence electrons. The smallest absolute Gasteiger partial charge is 0.302 e. The second-order valence-corrected chi connectivity index (χ2v) is 4.30. The van der Waals surface area contributed by atoms with Gasteiger partial charge in [0.05, 0.1) is 0 Å². The van der Waals surface area contributed by atoms with E-state index in [1.807, 2.05) is 12.2 Å². The molecule has 0 aromatic heterocycles. The van der Waals surface area contributed by atoms with Crippen molar-refractivity contribution in [2.24, 2.45) is 5.92 Å². The van der Waals surface area contributed by atoms with E-state index in [0.717, 1.165) is 18.4 Å². The maximum atomic E-state index is 10.7. The summed E-state index contributed by atoms with van der Waals surface area (Å²) in [5.74, 6) is -0.332. The van der Waals surface area contributed by atoms with E-state index in [1.165, 1.54) is 6.92 Å². The number of allylic oxidation sites excluding steroid dienone is 2. The van der Waals surface area contributed by atoms with Gasteiger partial charge in [-0.2, -0.15) is 0 Å². The molecule has 1 N–H and O–H groups in total. The Kier molecular flexibility index (Phi) is 3.69. The molecule has 2 atom stereocenters. The molecular weight excluding hydrogens is 192 g/mol. The van der Waals surface area contributed by atoms with Crippen LogP contribution in [0.4, 0.5) is 0 Å². The molecule has 15 heavy (non-hydrogen) atoms. The number of rotatable bonds is 3. The fraction of sp³-hybridized carbons (Fsp3) is 0.583. The van der Waals surface area contributed by atoms with E-state index in [0.29, 0.717) is 0 Å². The van der Waals surface area contributed by atoms with E-state index in [4.69, 9.17) is 4.74 Å². The molecule has 0 saturated heterocycles. The molecule has 0 saturated carbocycles. The highest BCUT2D eigenvalue weighted by Gasteiger charge is 2.32. The summed E-state index contributed by atoms with van der Waals surface area (Å²) in [6.07, 6.45) is 5.60. The minimum Gasteiger partial charge on any atom is -0.463 e. The average molecular weight is 210 g/mol. The maximum absolute atomic E-state index is 10.7. The molecule has 1 rings (SSSR count). The molecule has 0 fully saturated rings. The molecule has 0 aromatic carbocycles. The first-order valence-electron chi connectivity index (χ1n) is 5.13. The summed E-state index contributed by atoms with van der Waals surface area (Å²) in [5, 5.41) is 10.1. The molecule has 0 bridgehead atoms. The summed E-state index contributed by atoms with van der Waals surface area (Å²) in [6, 6.07) is 0. The molecule has 3 nitrogen and oxygen atoms in total. The minimum absolute atomic E-state index is 0.0300. The molecule has 0 amide bonds. The predicted molar refractivity (Wildman–Crippen MR) is 58.3 cm³/mol. The minimum atomic E-state index is -0.983. The van der Waals surface area contributed by atoms with Crippen LogP contribution in [0, 0.1) is 5.92 Å². The van der Waals surface area contributed by atoms with Crippen LogP contribution in [0.2, 0.25) is 0 Å². The normalized spacial score (nSPS) is 24.7. The van der Waals surface area contributed by atoms with Crippen molar-refractivity contribution in [2.75, 3.05) is 6.61 Å². The van der Waals surface area contributed by atoms with Crippen molar-refractivity contribution >= 4 is 5.97 Å². The van der Waals surface area contributed by atoms with Crippen LogP contribution in [0.3, 0.4) is 0 Å². The lowest BCUT2D eigenvalue weighted by atomic mass is 9.81. The van der Waals surface area contributed by atoms with Crippen LogP contribution < -0.4 is 0 Å². The third-order valence-corrected chi connectivity index (χ3v) is 2.71. The number of esters is 1. The highest BCUT2D eigenvalue weighted by molar-refractivity contribution is 5.65.